The number of nitrogens with one attached hydrogen (secondary N) is 10. The second kappa shape index (κ2) is 37.0. The summed E-state index contributed by atoms with van der Waals surface area (Å²) in [5.41, 5.74) is 3.77. The van der Waals surface area contributed by atoms with E-state index in [0.717, 1.165) is 22.3 Å². The summed E-state index contributed by atoms with van der Waals surface area (Å²) in [6, 6.07) is 10.2. The highest BCUT2D eigenvalue weighted by Gasteiger charge is 2.35. The lowest BCUT2D eigenvalue weighted by Crippen LogP contribution is -2.59. The maximum Gasteiger partial charge on any atom is 0.326 e. The van der Waals surface area contributed by atoms with Gasteiger partial charge in [0.15, 0.2) is 0 Å². The van der Waals surface area contributed by atoms with E-state index in [1.54, 1.807) is 104 Å². The first-order valence-electron chi connectivity index (χ1n) is 29.7. The third kappa shape index (κ3) is 26.0. The van der Waals surface area contributed by atoms with Gasteiger partial charge in [0.2, 0.25) is 47.3 Å². The van der Waals surface area contributed by atoms with Crippen LogP contribution < -0.4 is 53.2 Å². The van der Waals surface area contributed by atoms with Gasteiger partial charge in [-0.15, -0.1) is 0 Å². The maximum atomic E-state index is 13.4. The van der Waals surface area contributed by atoms with E-state index in [2.05, 4.69) is 53.2 Å². The first-order valence-corrected chi connectivity index (χ1v) is 29.7. The second-order valence-corrected chi connectivity index (χ2v) is 23.1. The van der Waals surface area contributed by atoms with E-state index in [1.807, 2.05) is 48.6 Å². The molecule has 3 rings (SSSR count). The number of carboxylic acids is 4. The Balaban J connectivity index is 1.47. The van der Waals surface area contributed by atoms with Gasteiger partial charge in [0.1, 0.15) is 48.3 Å². The standard InChI is InChI=1S/C64H84N10O18/c1-33(2)51(61(87)69-45(27-29-49(77)78)59(85)73-53(35(5)6)63(89)90)71-55(81)37(9)67-47(75)31-65-57(83)43-23-19-41(20-24-43)17-15-39-11-13-40(14-12-39)16-18-42-21-25-44(26-22-42)58(84)66-32-48(76)68-38(10)56(82)72-52(34(3)4)62(88)70-46(28-30-50(79)80)60(86)74-54(36(7)8)64(91)92/h11-26,33-38,45-46,51-54H,27-32H2,1-10H3,(H,65,83)(H,66,84)(H,67,75)(H,68,76)(H,69,87)(H,70,88)(H,71,81)(H,72,82)(H,73,85)(H,74,86)(H,77,78)(H,79,80)(H,89,90)(H,91,92)/b17-15+,18-16+/t37-,38-,45-,46-,51-,52-,53-,54-/m0/s1. The summed E-state index contributed by atoms with van der Waals surface area (Å²) in [5, 5.41) is 61.9. The molecule has 10 amide bonds. The van der Waals surface area contributed by atoms with Gasteiger partial charge in [-0.25, -0.2) is 9.59 Å². The fraction of sp³-hybridized carbons (Fsp3) is 0.438. The van der Waals surface area contributed by atoms with Crippen LogP contribution >= 0.6 is 0 Å². The van der Waals surface area contributed by atoms with Gasteiger partial charge in [0.05, 0.1) is 13.1 Å². The van der Waals surface area contributed by atoms with Crippen LogP contribution in [0.15, 0.2) is 72.8 Å². The van der Waals surface area contributed by atoms with Crippen molar-refractivity contribution >= 4 is 107 Å². The Hall–Kier alpha value is -10.3. The highest BCUT2D eigenvalue weighted by atomic mass is 16.4. The molecule has 0 heterocycles. The molecule has 0 spiro atoms. The molecule has 28 nitrogen and oxygen atoms in total. The number of amides is 10. The predicted octanol–water partition coefficient (Wildman–Crippen LogP) is 1.93. The first kappa shape index (κ1) is 76.0. The van der Waals surface area contributed by atoms with Crippen LogP contribution in [0.1, 0.15) is 138 Å². The summed E-state index contributed by atoms with van der Waals surface area (Å²) in [4.78, 5) is 177. The minimum absolute atomic E-state index is 0.249. The van der Waals surface area contributed by atoms with E-state index in [9.17, 15) is 87.5 Å². The molecule has 0 aliphatic heterocycles. The average Bonchev–Trinajstić information content (AvgIpc) is 2.19. The van der Waals surface area contributed by atoms with Crippen LogP contribution in [0.4, 0.5) is 0 Å². The maximum absolute atomic E-state index is 13.4. The van der Waals surface area contributed by atoms with E-state index < -0.39 is 181 Å². The van der Waals surface area contributed by atoms with E-state index in [0.29, 0.717) is 0 Å². The van der Waals surface area contributed by atoms with Gasteiger partial charge in [-0.2, -0.15) is 0 Å². The topological polar surface area (TPSA) is 440 Å². The van der Waals surface area contributed by atoms with E-state index in [-0.39, 0.29) is 24.0 Å². The van der Waals surface area contributed by atoms with Crippen LogP contribution in [0.3, 0.4) is 0 Å². The zero-order valence-corrected chi connectivity index (χ0v) is 52.9. The Morgan fingerprint density at radius 2 is 0.598 bits per heavy atom. The number of carboxylic acid groups (broad SMARTS) is 4. The minimum atomic E-state index is -1.45. The molecular weight excluding hydrogens is 1200 g/mol. The molecule has 498 valence electrons. The highest BCUT2D eigenvalue weighted by Crippen LogP contribution is 2.16. The molecule has 0 fully saturated rings. The SMILES string of the molecule is CC(C)[C@H](NC(=O)[C@H](CCC(=O)O)NC(=O)[C@@H](NC(=O)[C@H](C)NC(=O)CNC(=O)c1ccc(/C=C/c2ccc(/C=C/c3ccc(C(=O)NCC(=O)N[C@@H](C)C(=O)N[C@H](C(=O)N[C@@H](CCC(=O)O)C(=O)N[C@H](C(=O)O)C(C)C)C(C)C)cc3)cc2)cc1)C(C)C)C(=O)O. The monoisotopic (exact) mass is 1280 g/mol. The molecule has 14 N–H and O–H groups in total. The number of hydrogen-bond acceptors (Lipinski definition) is 14. The Kier molecular flexibility index (Phi) is 30.6. The lowest BCUT2D eigenvalue weighted by atomic mass is 10.0. The van der Waals surface area contributed by atoms with Crippen molar-refractivity contribution in [3.8, 4) is 0 Å². The van der Waals surface area contributed by atoms with Crippen molar-refractivity contribution < 1.29 is 87.5 Å². The molecule has 0 aliphatic carbocycles. The summed E-state index contributed by atoms with van der Waals surface area (Å²) in [6.45, 7) is 14.3. The van der Waals surface area contributed by atoms with Gasteiger partial charge in [-0.05, 0) is 96.9 Å². The van der Waals surface area contributed by atoms with Gasteiger partial charge in [0, 0.05) is 24.0 Å². The summed E-state index contributed by atoms with van der Waals surface area (Å²) >= 11 is 0. The molecule has 3 aromatic rings. The highest BCUT2D eigenvalue weighted by molar-refractivity contribution is 6.00. The molecule has 0 saturated carbocycles. The molecular formula is C64H84N10O18. The van der Waals surface area contributed by atoms with Crippen molar-refractivity contribution in [2.24, 2.45) is 23.7 Å². The molecule has 0 saturated heterocycles. The van der Waals surface area contributed by atoms with Gasteiger partial charge < -0.3 is 73.6 Å². The molecule has 28 heteroatoms. The van der Waals surface area contributed by atoms with Crippen molar-refractivity contribution in [2.45, 2.75) is 143 Å². The third-order valence-electron chi connectivity index (χ3n) is 14.1. The first-order chi connectivity index (χ1) is 43.2. The zero-order valence-electron chi connectivity index (χ0n) is 52.9. The van der Waals surface area contributed by atoms with E-state index >= 15 is 0 Å². The second-order valence-electron chi connectivity index (χ2n) is 23.1. The number of aliphatic carboxylic acids is 4. The number of benzene rings is 3. The Morgan fingerprint density at radius 3 is 0.848 bits per heavy atom. The van der Waals surface area contributed by atoms with Crippen LogP contribution in [0.25, 0.3) is 24.3 Å². The van der Waals surface area contributed by atoms with Crippen LogP contribution in [0, 0.1) is 23.7 Å². The molecule has 8 atom stereocenters. The molecule has 0 bridgehead atoms. The van der Waals surface area contributed by atoms with Gasteiger partial charge in [-0.3, -0.25) is 57.5 Å². The van der Waals surface area contributed by atoms with Gasteiger partial charge in [0.25, 0.3) is 11.8 Å². The van der Waals surface area contributed by atoms with Gasteiger partial charge in [-0.1, -0.05) is 128 Å². The van der Waals surface area contributed by atoms with Crippen molar-refractivity contribution in [1.82, 2.24) is 53.2 Å². The molecule has 0 unspecified atom stereocenters. The van der Waals surface area contributed by atoms with Crippen LogP contribution in [0.2, 0.25) is 0 Å². The zero-order chi connectivity index (χ0) is 69.1. The van der Waals surface area contributed by atoms with Crippen LogP contribution in [-0.2, 0) is 57.5 Å². The predicted molar refractivity (Wildman–Crippen MR) is 337 cm³/mol. The summed E-state index contributed by atoms with van der Waals surface area (Å²) < 4.78 is 0. The summed E-state index contributed by atoms with van der Waals surface area (Å²) in [6.07, 6.45) is 5.61. The van der Waals surface area contributed by atoms with Crippen LogP contribution in [-0.4, -0.2) is 165 Å². The third-order valence-corrected chi connectivity index (χ3v) is 14.1. The molecule has 0 radical (unpaired) electrons. The number of carbonyl (C=O) groups excluding carboxylic acids is 10. The molecule has 3 aromatic carbocycles. The molecule has 0 aromatic heterocycles. The van der Waals surface area contributed by atoms with Crippen LogP contribution in [0.5, 0.6) is 0 Å². The molecule has 0 aliphatic rings. The Morgan fingerprint density at radius 1 is 0.337 bits per heavy atom. The fourth-order valence-electron chi connectivity index (χ4n) is 8.59. The Bertz CT molecular complexity index is 2990. The van der Waals surface area contributed by atoms with E-state index in [4.69, 9.17) is 0 Å². The lowest BCUT2D eigenvalue weighted by Gasteiger charge is -2.27. The summed E-state index contributed by atoms with van der Waals surface area (Å²) in [7, 11) is 0. The number of rotatable bonds is 36. The minimum Gasteiger partial charge on any atom is -0.481 e. The molecule has 92 heavy (non-hydrogen) atoms. The van der Waals surface area contributed by atoms with Crippen molar-refractivity contribution in [2.75, 3.05) is 13.1 Å². The smallest absolute Gasteiger partial charge is 0.326 e. The fourth-order valence-corrected chi connectivity index (χ4v) is 8.59. The largest absolute Gasteiger partial charge is 0.481 e. The van der Waals surface area contributed by atoms with Crippen molar-refractivity contribution in [3.05, 3.63) is 106 Å². The number of hydrogen-bond donors (Lipinski definition) is 14. The van der Waals surface area contributed by atoms with Gasteiger partial charge >= 0.3 is 23.9 Å². The normalized spacial score (nSPS) is 13.9. The van der Waals surface area contributed by atoms with Crippen molar-refractivity contribution in [1.29, 1.82) is 0 Å². The summed E-state index contributed by atoms with van der Waals surface area (Å²) in [5.74, 6) is -15.0. The Labute approximate surface area is 532 Å². The lowest BCUT2D eigenvalue weighted by molar-refractivity contribution is -0.144. The van der Waals surface area contributed by atoms with E-state index in [1.165, 1.54) is 13.8 Å². The average molecular weight is 1280 g/mol. The quantitative estimate of drug-likeness (QED) is 0.0370. The van der Waals surface area contributed by atoms with Crippen molar-refractivity contribution in [3.63, 3.8) is 0 Å². The number of carbonyl (C=O) groups is 14.